The van der Waals surface area contributed by atoms with Crippen LogP contribution in [0.15, 0.2) is 78.9 Å². The number of alkyl carbamates (subject to hydrolysis) is 1. The molecule has 1 aliphatic rings. The highest BCUT2D eigenvalue weighted by atomic mass is 16.6. The van der Waals surface area contributed by atoms with E-state index in [1.165, 1.54) is 13.2 Å². The van der Waals surface area contributed by atoms with Gasteiger partial charge in [0.05, 0.1) is 18.7 Å². The van der Waals surface area contributed by atoms with E-state index in [-0.39, 0.29) is 19.4 Å². The Morgan fingerprint density at radius 1 is 1.00 bits per heavy atom. The zero-order valence-electron chi connectivity index (χ0n) is 20.3. The summed E-state index contributed by atoms with van der Waals surface area (Å²) < 4.78 is 15.6. The lowest BCUT2D eigenvalue weighted by molar-refractivity contribution is -0.128. The van der Waals surface area contributed by atoms with Gasteiger partial charge in [0.1, 0.15) is 18.4 Å². The minimum Gasteiger partial charge on any atom is -0.465 e. The molecular formula is C28H28N2O7. The molecule has 3 aromatic carbocycles. The highest BCUT2D eigenvalue weighted by Gasteiger charge is 2.33. The largest absolute Gasteiger partial charge is 0.465 e. The van der Waals surface area contributed by atoms with Crippen molar-refractivity contribution in [2.75, 3.05) is 7.11 Å². The van der Waals surface area contributed by atoms with Crippen LogP contribution >= 0.6 is 0 Å². The summed E-state index contributed by atoms with van der Waals surface area (Å²) >= 11 is 0. The van der Waals surface area contributed by atoms with E-state index in [0.717, 1.165) is 11.1 Å². The second-order valence-corrected chi connectivity index (χ2v) is 8.59. The average molecular weight is 505 g/mol. The SMILES string of the molecule is COC(=O)c1ccc2c(c1)CC(NC(=O)[C@H](Cc1ccccc1)NC(=O)OCc1ccccc1)C(O)O2. The van der Waals surface area contributed by atoms with E-state index in [2.05, 4.69) is 10.6 Å². The standard InChI is InChI=1S/C28H28N2O7/c1-35-26(32)20-12-13-24-21(15-20)16-23(27(33)37-24)29-25(31)22(14-18-8-4-2-5-9-18)30-28(34)36-17-19-10-6-3-7-11-19/h2-13,15,22-23,27,33H,14,16-17H2,1H3,(H,29,31)(H,30,34)/t22-,23?,27?/m0/s1. The van der Waals surface area contributed by atoms with Gasteiger partial charge in [-0.25, -0.2) is 9.59 Å². The third-order valence-electron chi connectivity index (χ3n) is 5.94. The molecule has 0 aromatic heterocycles. The fourth-order valence-corrected chi connectivity index (χ4v) is 4.02. The zero-order valence-corrected chi connectivity index (χ0v) is 20.3. The molecule has 3 N–H and O–H groups in total. The first-order valence-corrected chi connectivity index (χ1v) is 11.8. The maximum Gasteiger partial charge on any atom is 0.408 e. The smallest absolute Gasteiger partial charge is 0.408 e. The van der Waals surface area contributed by atoms with Gasteiger partial charge in [0.2, 0.25) is 12.2 Å². The number of nitrogens with one attached hydrogen (secondary N) is 2. The minimum absolute atomic E-state index is 0.0564. The van der Waals surface area contributed by atoms with Crippen molar-refractivity contribution in [3.8, 4) is 5.75 Å². The molecule has 192 valence electrons. The molecule has 2 amide bonds. The average Bonchev–Trinajstić information content (AvgIpc) is 2.92. The highest BCUT2D eigenvalue weighted by molar-refractivity contribution is 5.90. The Labute approximate surface area is 214 Å². The lowest BCUT2D eigenvalue weighted by atomic mass is 9.98. The fourth-order valence-electron chi connectivity index (χ4n) is 4.02. The molecule has 3 atom stereocenters. The van der Waals surface area contributed by atoms with Crippen molar-refractivity contribution in [3.05, 3.63) is 101 Å². The summed E-state index contributed by atoms with van der Waals surface area (Å²) in [5, 5.41) is 15.9. The monoisotopic (exact) mass is 504 g/mol. The summed E-state index contributed by atoms with van der Waals surface area (Å²) in [6.45, 7) is 0.0564. The minimum atomic E-state index is -1.32. The van der Waals surface area contributed by atoms with Crippen molar-refractivity contribution in [2.24, 2.45) is 0 Å². The van der Waals surface area contributed by atoms with Crippen LogP contribution in [-0.2, 0) is 33.7 Å². The molecule has 0 radical (unpaired) electrons. The van der Waals surface area contributed by atoms with Gasteiger partial charge < -0.3 is 30.0 Å². The summed E-state index contributed by atoms with van der Waals surface area (Å²) in [5.41, 5.74) is 2.61. The number of amides is 2. The fraction of sp³-hybridized carbons (Fsp3) is 0.250. The zero-order chi connectivity index (χ0) is 26.2. The van der Waals surface area contributed by atoms with Crippen molar-refractivity contribution >= 4 is 18.0 Å². The van der Waals surface area contributed by atoms with Crippen LogP contribution in [0.3, 0.4) is 0 Å². The number of ether oxygens (including phenoxy) is 3. The highest BCUT2D eigenvalue weighted by Crippen LogP contribution is 2.28. The van der Waals surface area contributed by atoms with Crippen LogP contribution in [0.4, 0.5) is 4.79 Å². The Balaban J connectivity index is 1.45. The summed E-state index contributed by atoms with van der Waals surface area (Å²) in [4.78, 5) is 37.7. The molecule has 4 rings (SSSR count). The predicted molar refractivity (Wildman–Crippen MR) is 134 cm³/mol. The van der Waals surface area contributed by atoms with Crippen LogP contribution in [0.25, 0.3) is 0 Å². The Kier molecular flexibility index (Phi) is 8.37. The Morgan fingerprint density at radius 2 is 1.68 bits per heavy atom. The maximum atomic E-state index is 13.3. The molecule has 3 aromatic rings. The van der Waals surface area contributed by atoms with Crippen molar-refractivity contribution in [2.45, 2.75) is 37.8 Å². The van der Waals surface area contributed by atoms with Crippen LogP contribution in [0.5, 0.6) is 5.75 Å². The number of aliphatic hydroxyl groups excluding tert-OH is 1. The van der Waals surface area contributed by atoms with E-state index >= 15 is 0 Å². The van der Waals surface area contributed by atoms with Crippen LogP contribution in [-0.4, -0.2) is 48.6 Å². The normalized spacial score (nSPS) is 16.9. The molecule has 0 saturated carbocycles. The summed E-state index contributed by atoms with van der Waals surface area (Å²) in [6, 6.07) is 21.4. The lowest BCUT2D eigenvalue weighted by Crippen LogP contribution is -2.56. The number of carbonyl (C=O) groups excluding carboxylic acids is 3. The van der Waals surface area contributed by atoms with Crippen molar-refractivity contribution < 1.29 is 33.7 Å². The second-order valence-electron chi connectivity index (χ2n) is 8.59. The van der Waals surface area contributed by atoms with Crippen LogP contribution in [0.2, 0.25) is 0 Å². The van der Waals surface area contributed by atoms with Gasteiger partial charge >= 0.3 is 12.1 Å². The molecule has 1 aliphatic heterocycles. The third kappa shape index (κ3) is 6.86. The van der Waals surface area contributed by atoms with Gasteiger partial charge in [0.25, 0.3) is 0 Å². The number of hydrogen-bond donors (Lipinski definition) is 3. The molecule has 9 nitrogen and oxygen atoms in total. The topological polar surface area (TPSA) is 123 Å². The van der Waals surface area contributed by atoms with Crippen molar-refractivity contribution in [1.29, 1.82) is 0 Å². The van der Waals surface area contributed by atoms with Gasteiger partial charge in [-0.1, -0.05) is 60.7 Å². The van der Waals surface area contributed by atoms with E-state index in [4.69, 9.17) is 14.2 Å². The summed E-state index contributed by atoms with van der Waals surface area (Å²) in [6.07, 6.45) is -1.64. The number of hydrogen-bond acceptors (Lipinski definition) is 7. The van der Waals surface area contributed by atoms with Crippen LogP contribution < -0.4 is 15.4 Å². The van der Waals surface area contributed by atoms with Gasteiger partial charge in [-0.3, -0.25) is 4.79 Å². The molecule has 1 heterocycles. The molecule has 9 heteroatoms. The van der Waals surface area contributed by atoms with Crippen molar-refractivity contribution in [1.82, 2.24) is 10.6 Å². The summed E-state index contributed by atoms with van der Waals surface area (Å²) in [7, 11) is 1.29. The van der Waals surface area contributed by atoms with E-state index in [0.29, 0.717) is 16.9 Å². The molecule has 0 saturated heterocycles. The number of rotatable bonds is 8. The first-order valence-electron chi connectivity index (χ1n) is 11.8. The number of carbonyl (C=O) groups is 3. The van der Waals surface area contributed by atoms with Gasteiger partial charge in [-0.15, -0.1) is 0 Å². The van der Waals surface area contributed by atoms with E-state index in [1.54, 1.807) is 12.1 Å². The predicted octanol–water partition coefficient (Wildman–Crippen LogP) is 2.75. The number of fused-ring (bicyclic) bond motifs is 1. The number of esters is 1. The Morgan fingerprint density at radius 3 is 2.35 bits per heavy atom. The molecule has 2 unspecified atom stereocenters. The second kappa shape index (κ2) is 12.0. The Hall–Kier alpha value is -4.37. The molecule has 0 bridgehead atoms. The molecule has 0 fully saturated rings. The van der Waals surface area contributed by atoms with E-state index < -0.39 is 36.3 Å². The first-order chi connectivity index (χ1) is 17.9. The van der Waals surface area contributed by atoms with E-state index in [9.17, 15) is 19.5 Å². The Bertz CT molecular complexity index is 1230. The molecule has 37 heavy (non-hydrogen) atoms. The van der Waals surface area contributed by atoms with Gasteiger partial charge in [-0.05, 0) is 34.9 Å². The molecule has 0 spiro atoms. The quantitative estimate of drug-likeness (QED) is 0.403. The van der Waals surface area contributed by atoms with Gasteiger partial charge in [0, 0.05) is 12.8 Å². The van der Waals surface area contributed by atoms with Crippen molar-refractivity contribution in [3.63, 3.8) is 0 Å². The molecular weight excluding hydrogens is 476 g/mol. The van der Waals surface area contributed by atoms with Crippen LogP contribution in [0.1, 0.15) is 27.0 Å². The summed E-state index contributed by atoms with van der Waals surface area (Å²) in [5.74, 6) is -0.606. The lowest BCUT2D eigenvalue weighted by Gasteiger charge is -2.32. The number of methoxy groups -OCH3 is 1. The first kappa shape index (κ1) is 25.7. The number of benzene rings is 3. The van der Waals surface area contributed by atoms with E-state index in [1.807, 2.05) is 60.7 Å². The third-order valence-corrected chi connectivity index (χ3v) is 5.94. The molecule has 0 aliphatic carbocycles. The number of aliphatic hydroxyl groups is 1. The maximum absolute atomic E-state index is 13.3. The van der Waals surface area contributed by atoms with Gasteiger partial charge in [-0.2, -0.15) is 0 Å². The van der Waals surface area contributed by atoms with Gasteiger partial charge in [0.15, 0.2) is 0 Å². The van der Waals surface area contributed by atoms with Crippen LogP contribution in [0, 0.1) is 0 Å².